The molecule has 0 amide bonds. The Labute approximate surface area is 83.2 Å². The lowest BCUT2D eigenvalue weighted by molar-refractivity contribution is 0.872. The van der Waals surface area contributed by atoms with Crippen molar-refractivity contribution in [3.63, 3.8) is 0 Å². The summed E-state index contributed by atoms with van der Waals surface area (Å²) in [6.45, 7) is 2.66. The molecule has 2 N–H and O–H groups in total. The van der Waals surface area contributed by atoms with E-state index in [1.165, 1.54) is 12.8 Å². The number of nitrogens with zero attached hydrogens (tertiary/aromatic N) is 2. The summed E-state index contributed by atoms with van der Waals surface area (Å²) < 4.78 is 0. The predicted octanol–water partition coefficient (Wildman–Crippen LogP) is 1.83. The predicted molar refractivity (Wildman–Crippen MR) is 55.6 cm³/mol. The highest BCUT2D eigenvalue weighted by Gasteiger charge is 2.02. The minimum Gasteiger partial charge on any atom is -0.325 e. The summed E-state index contributed by atoms with van der Waals surface area (Å²) in [5, 5.41) is 0.985. The minimum absolute atomic E-state index is 0.475. The third kappa shape index (κ3) is 3.32. The maximum atomic E-state index is 5.54. The molecule has 0 aliphatic rings. The summed E-state index contributed by atoms with van der Waals surface area (Å²) >= 11 is 1.74. The molecule has 0 aliphatic heterocycles. The Kier molecular flexibility index (Phi) is 4.78. The first-order chi connectivity index (χ1) is 6.38. The summed E-state index contributed by atoms with van der Waals surface area (Å²) in [6.07, 6.45) is 5.83. The molecule has 0 spiro atoms. The fourth-order valence-electron chi connectivity index (χ4n) is 0.928. The molecular weight excluding hydrogens is 182 g/mol. The Balaban J connectivity index is 2.54. The maximum absolute atomic E-state index is 5.54. The van der Waals surface area contributed by atoms with Gasteiger partial charge in [0, 0.05) is 18.9 Å². The van der Waals surface area contributed by atoms with Crippen LogP contribution in [0.25, 0.3) is 0 Å². The SMILES string of the molecule is CCCCSc1nccnc1CN. The van der Waals surface area contributed by atoms with Gasteiger partial charge in [0.05, 0.1) is 5.69 Å². The zero-order chi connectivity index (χ0) is 9.52. The molecule has 0 aromatic carbocycles. The summed E-state index contributed by atoms with van der Waals surface area (Å²) in [5.74, 6) is 1.10. The van der Waals surface area contributed by atoms with Crippen LogP contribution < -0.4 is 5.73 Å². The number of nitrogens with two attached hydrogens (primary N) is 1. The Hall–Kier alpha value is -0.610. The average Bonchev–Trinajstić information content (AvgIpc) is 2.19. The first-order valence-corrected chi connectivity index (χ1v) is 5.49. The monoisotopic (exact) mass is 197 g/mol. The van der Waals surface area contributed by atoms with Crippen LogP contribution in [0.1, 0.15) is 25.5 Å². The van der Waals surface area contributed by atoms with Gasteiger partial charge in [0.15, 0.2) is 0 Å². The van der Waals surface area contributed by atoms with E-state index in [0.717, 1.165) is 16.5 Å². The lowest BCUT2D eigenvalue weighted by Gasteiger charge is -2.03. The second-order valence-electron chi connectivity index (χ2n) is 2.71. The number of thioether (sulfide) groups is 1. The highest BCUT2D eigenvalue weighted by atomic mass is 32.2. The van der Waals surface area contributed by atoms with Crippen LogP contribution in [0.5, 0.6) is 0 Å². The summed E-state index contributed by atoms with van der Waals surface area (Å²) in [5.41, 5.74) is 6.45. The zero-order valence-electron chi connectivity index (χ0n) is 7.86. The van der Waals surface area contributed by atoms with Gasteiger partial charge in [-0.15, -0.1) is 11.8 Å². The Bertz CT molecular complexity index is 252. The molecule has 0 bridgehead atoms. The van der Waals surface area contributed by atoms with Crippen LogP contribution in [0, 0.1) is 0 Å². The van der Waals surface area contributed by atoms with Gasteiger partial charge in [0.2, 0.25) is 0 Å². The summed E-state index contributed by atoms with van der Waals surface area (Å²) in [4.78, 5) is 8.41. The number of aromatic nitrogens is 2. The highest BCUT2D eigenvalue weighted by molar-refractivity contribution is 7.99. The van der Waals surface area contributed by atoms with Gasteiger partial charge >= 0.3 is 0 Å². The van der Waals surface area contributed by atoms with Gasteiger partial charge in [0.25, 0.3) is 0 Å². The molecule has 0 saturated carbocycles. The van der Waals surface area contributed by atoms with Crippen LogP contribution in [-0.2, 0) is 6.54 Å². The third-order valence-electron chi connectivity index (χ3n) is 1.67. The van der Waals surface area contributed by atoms with Crippen molar-refractivity contribution in [2.24, 2.45) is 5.73 Å². The fraction of sp³-hybridized carbons (Fsp3) is 0.556. The van der Waals surface area contributed by atoms with Crippen molar-refractivity contribution in [3.05, 3.63) is 18.1 Å². The maximum Gasteiger partial charge on any atom is 0.119 e. The van der Waals surface area contributed by atoms with Gasteiger partial charge in [-0.05, 0) is 12.2 Å². The zero-order valence-corrected chi connectivity index (χ0v) is 8.68. The second-order valence-corrected chi connectivity index (χ2v) is 3.80. The number of hydrogen-bond donors (Lipinski definition) is 1. The van der Waals surface area contributed by atoms with Crippen molar-refractivity contribution in [3.8, 4) is 0 Å². The first-order valence-electron chi connectivity index (χ1n) is 4.51. The molecule has 0 unspecified atom stereocenters. The highest BCUT2D eigenvalue weighted by Crippen LogP contribution is 2.18. The van der Waals surface area contributed by atoms with Crippen molar-refractivity contribution >= 4 is 11.8 Å². The van der Waals surface area contributed by atoms with Crippen molar-refractivity contribution in [1.29, 1.82) is 0 Å². The molecule has 4 heteroatoms. The molecule has 0 fully saturated rings. The molecule has 0 atom stereocenters. The Morgan fingerprint density at radius 3 is 2.85 bits per heavy atom. The molecule has 1 aromatic rings. The van der Waals surface area contributed by atoms with Gasteiger partial charge in [-0.3, -0.25) is 4.98 Å². The van der Waals surface area contributed by atoms with Crippen LogP contribution >= 0.6 is 11.8 Å². The molecule has 72 valence electrons. The van der Waals surface area contributed by atoms with Gasteiger partial charge < -0.3 is 5.73 Å². The van der Waals surface area contributed by atoms with Crippen LogP contribution in [0.15, 0.2) is 17.4 Å². The lowest BCUT2D eigenvalue weighted by atomic mass is 10.4. The number of hydrogen-bond acceptors (Lipinski definition) is 4. The summed E-state index contributed by atoms with van der Waals surface area (Å²) in [7, 11) is 0. The van der Waals surface area contributed by atoms with E-state index < -0.39 is 0 Å². The van der Waals surface area contributed by atoms with Crippen LogP contribution in [-0.4, -0.2) is 15.7 Å². The van der Waals surface area contributed by atoms with Crippen molar-refractivity contribution in [1.82, 2.24) is 9.97 Å². The Morgan fingerprint density at radius 2 is 2.15 bits per heavy atom. The van der Waals surface area contributed by atoms with E-state index in [4.69, 9.17) is 5.73 Å². The molecule has 0 aliphatic carbocycles. The van der Waals surface area contributed by atoms with Crippen molar-refractivity contribution in [2.45, 2.75) is 31.3 Å². The third-order valence-corrected chi connectivity index (χ3v) is 2.77. The molecule has 1 rings (SSSR count). The van der Waals surface area contributed by atoms with Crippen LogP contribution in [0.4, 0.5) is 0 Å². The quantitative estimate of drug-likeness (QED) is 0.578. The molecule has 1 aromatic heterocycles. The van der Waals surface area contributed by atoms with Gasteiger partial charge in [-0.2, -0.15) is 0 Å². The minimum atomic E-state index is 0.475. The molecule has 0 radical (unpaired) electrons. The van der Waals surface area contributed by atoms with E-state index in [2.05, 4.69) is 16.9 Å². The van der Waals surface area contributed by atoms with E-state index in [1.807, 2.05) is 0 Å². The molecule has 13 heavy (non-hydrogen) atoms. The van der Waals surface area contributed by atoms with E-state index >= 15 is 0 Å². The number of rotatable bonds is 5. The molecular formula is C9H15N3S. The lowest BCUT2D eigenvalue weighted by Crippen LogP contribution is -2.02. The van der Waals surface area contributed by atoms with Gasteiger partial charge in [-0.25, -0.2) is 4.98 Å². The smallest absolute Gasteiger partial charge is 0.119 e. The van der Waals surface area contributed by atoms with E-state index in [9.17, 15) is 0 Å². The normalized spacial score (nSPS) is 10.3. The molecule has 1 heterocycles. The number of unbranched alkanes of at least 4 members (excludes halogenated alkanes) is 1. The molecule has 3 nitrogen and oxygen atoms in total. The van der Waals surface area contributed by atoms with E-state index in [1.54, 1.807) is 24.2 Å². The van der Waals surface area contributed by atoms with Crippen molar-refractivity contribution in [2.75, 3.05) is 5.75 Å². The van der Waals surface area contributed by atoms with E-state index in [0.29, 0.717) is 6.54 Å². The second kappa shape index (κ2) is 5.94. The van der Waals surface area contributed by atoms with Crippen LogP contribution in [0.2, 0.25) is 0 Å². The van der Waals surface area contributed by atoms with E-state index in [-0.39, 0.29) is 0 Å². The van der Waals surface area contributed by atoms with Gasteiger partial charge in [0.1, 0.15) is 5.03 Å². The van der Waals surface area contributed by atoms with Crippen molar-refractivity contribution < 1.29 is 0 Å². The standard InChI is InChI=1S/C9H15N3S/c1-2-3-6-13-9-8(7-10)11-4-5-12-9/h4-5H,2-3,6-7,10H2,1H3. The van der Waals surface area contributed by atoms with Crippen LogP contribution in [0.3, 0.4) is 0 Å². The molecule has 0 saturated heterocycles. The fourth-order valence-corrected chi connectivity index (χ4v) is 1.99. The Morgan fingerprint density at radius 1 is 1.38 bits per heavy atom. The van der Waals surface area contributed by atoms with Gasteiger partial charge in [-0.1, -0.05) is 13.3 Å². The summed E-state index contributed by atoms with van der Waals surface area (Å²) in [6, 6.07) is 0. The topological polar surface area (TPSA) is 51.8 Å². The first kappa shape index (κ1) is 10.5. The average molecular weight is 197 g/mol. The largest absolute Gasteiger partial charge is 0.325 e.